The predicted octanol–water partition coefficient (Wildman–Crippen LogP) is 2.17. The van der Waals surface area contributed by atoms with Crippen molar-refractivity contribution in [3.8, 4) is 0 Å². The fourth-order valence-electron chi connectivity index (χ4n) is 2.62. The quantitative estimate of drug-likeness (QED) is 0.723. The minimum absolute atomic E-state index is 0.0875. The maximum Gasteiger partial charge on any atom is 0.222 e. The van der Waals surface area contributed by atoms with Gasteiger partial charge in [0.05, 0.1) is 0 Å². The van der Waals surface area contributed by atoms with Gasteiger partial charge in [-0.25, -0.2) is 0 Å². The van der Waals surface area contributed by atoms with Crippen LogP contribution < -0.4 is 10.6 Å². The number of hydrogen-bond acceptors (Lipinski definition) is 2. The van der Waals surface area contributed by atoms with Crippen molar-refractivity contribution in [3.63, 3.8) is 0 Å². The second-order valence-electron chi connectivity index (χ2n) is 5.90. The minimum Gasteiger partial charge on any atom is -0.355 e. The van der Waals surface area contributed by atoms with Crippen LogP contribution in [0.2, 0.25) is 0 Å². The van der Waals surface area contributed by atoms with Crippen LogP contribution in [0.1, 0.15) is 47.0 Å². The van der Waals surface area contributed by atoms with Gasteiger partial charge in [-0.15, -0.1) is 0 Å². The van der Waals surface area contributed by atoms with E-state index >= 15 is 0 Å². The topological polar surface area (TPSA) is 41.1 Å². The minimum atomic E-state index is 0.0875. The Morgan fingerprint density at radius 3 is 2.53 bits per heavy atom. The van der Waals surface area contributed by atoms with Crippen LogP contribution >= 0.6 is 0 Å². The van der Waals surface area contributed by atoms with Crippen molar-refractivity contribution in [3.05, 3.63) is 0 Å². The largest absolute Gasteiger partial charge is 0.355 e. The summed E-state index contributed by atoms with van der Waals surface area (Å²) in [4.78, 5) is 11.4. The molecule has 3 unspecified atom stereocenters. The molecule has 1 saturated carbocycles. The standard InChI is InChI=1S/C14H28N2O/c1-10(2)14(17)16-8-7-15-13-6-5-11(3)9-12(13)4/h10-13,15H,5-9H2,1-4H3,(H,16,17). The van der Waals surface area contributed by atoms with E-state index in [1.54, 1.807) is 0 Å². The molecule has 0 aromatic rings. The lowest BCUT2D eigenvalue weighted by Crippen LogP contribution is -2.43. The summed E-state index contributed by atoms with van der Waals surface area (Å²) in [5.74, 6) is 1.88. The molecule has 17 heavy (non-hydrogen) atoms. The Bertz CT molecular complexity index is 240. The molecule has 1 amide bonds. The summed E-state index contributed by atoms with van der Waals surface area (Å²) in [6.07, 6.45) is 3.94. The van der Waals surface area contributed by atoms with E-state index in [1.165, 1.54) is 19.3 Å². The molecule has 0 aromatic heterocycles. The highest BCUT2D eigenvalue weighted by atomic mass is 16.1. The van der Waals surface area contributed by atoms with Gasteiger partial charge in [-0.3, -0.25) is 4.79 Å². The average Bonchev–Trinajstić information content (AvgIpc) is 2.26. The van der Waals surface area contributed by atoms with E-state index in [9.17, 15) is 4.79 Å². The molecule has 0 saturated heterocycles. The molecule has 3 heteroatoms. The summed E-state index contributed by atoms with van der Waals surface area (Å²) < 4.78 is 0. The highest BCUT2D eigenvalue weighted by molar-refractivity contribution is 5.77. The highest BCUT2D eigenvalue weighted by Crippen LogP contribution is 2.28. The number of rotatable bonds is 5. The van der Waals surface area contributed by atoms with E-state index in [0.717, 1.165) is 24.9 Å². The van der Waals surface area contributed by atoms with Crippen molar-refractivity contribution in [1.82, 2.24) is 10.6 Å². The van der Waals surface area contributed by atoms with E-state index in [-0.39, 0.29) is 11.8 Å². The molecule has 0 heterocycles. The fraction of sp³-hybridized carbons (Fsp3) is 0.929. The molecule has 3 atom stereocenters. The number of nitrogens with one attached hydrogen (secondary N) is 2. The number of amides is 1. The highest BCUT2D eigenvalue weighted by Gasteiger charge is 2.24. The summed E-state index contributed by atoms with van der Waals surface area (Å²) in [5, 5.41) is 6.52. The normalized spacial score (nSPS) is 29.4. The molecule has 1 rings (SSSR count). The Labute approximate surface area is 106 Å². The molecule has 2 N–H and O–H groups in total. The van der Waals surface area contributed by atoms with Crippen LogP contribution in [0.15, 0.2) is 0 Å². The first-order valence-electron chi connectivity index (χ1n) is 7.01. The van der Waals surface area contributed by atoms with Gasteiger partial charge in [0.2, 0.25) is 5.91 Å². The number of hydrogen-bond donors (Lipinski definition) is 2. The predicted molar refractivity (Wildman–Crippen MR) is 71.8 cm³/mol. The smallest absolute Gasteiger partial charge is 0.222 e. The molecule has 0 bridgehead atoms. The maximum atomic E-state index is 11.4. The van der Waals surface area contributed by atoms with Gasteiger partial charge < -0.3 is 10.6 Å². The van der Waals surface area contributed by atoms with Crippen molar-refractivity contribution in [1.29, 1.82) is 0 Å². The third kappa shape index (κ3) is 5.07. The van der Waals surface area contributed by atoms with Gasteiger partial charge in [0, 0.05) is 25.0 Å². The van der Waals surface area contributed by atoms with Gasteiger partial charge in [0.1, 0.15) is 0 Å². The fourth-order valence-corrected chi connectivity index (χ4v) is 2.62. The number of carbonyl (C=O) groups excluding carboxylic acids is 1. The molecular weight excluding hydrogens is 212 g/mol. The van der Waals surface area contributed by atoms with Gasteiger partial charge in [0.15, 0.2) is 0 Å². The van der Waals surface area contributed by atoms with Crippen LogP contribution in [-0.4, -0.2) is 25.0 Å². The van der Waals surface area contributed by atoms with Crippen LogP contribution in [-0.2, 0) is 4.79 Å². The van der Waals surface area contributed by atoms with E-state index in [4.69, 9.17) is 0 Å². The Morgan fingerprint density at radius 1 is 1.24 bits per heavy atom. The van der Waals surface area contributed by atoms with Gasteiger partial charge in [-0.2, -0.15) is 0 Å². The summed E-state index contributed by atoms with van der Waals surface area (Å²) in [6.45, 7) is 10.2. The van der Waals surface area contributed by atoms with Crippen molar-refractivity contribution < 1.29 is 4.79 Å². The van der Waals surface area contributed by atoms with Crippen LogP contribution in [0.25, 0.3) is 0 Å². The average molecular weight is 240 g/mol. The molecular formula is C14H28N2O. The molecule has 3 nitrogen and oxygen atoms in total. The zero-order valence-corrected chi connectivity index (χ0v) is 11.8. The molecule has 0 radical (unpaired) electrons. The second kappa shape index (κ2) is 7.00. The SMILES string of the molecule is CC1CCC(NCCNC(=O)C(C)C)C(C)C1. The summed E-state index contributed by atoms with van der Waals surface area (Å²) >= 11 is 0. The van der Waals surface area contributed by atoms with Gasteiger partial charge in [-0.05, 0) is 31.1 Å². The Balaban J connectivity index is 2.12. The Kier molecular flexibility index (Phi) is 5.96. The lowest BCUT2D eigenvalue weighted by atomic mass is 9.80. The zero-order valence-electron chi connectivity index (χ0n) is 11.8. The van der Waals surface area contributed by atoms with Crippen LogP contribution in [0.5, 0.6) is 0 Å². The van der Waals surface area contributed by atoms with Gasteiger partial charge in [-0.1, -0.05) is 27.7 Å². The maximum absolute atomic E-state index is 11.4. The van der Waals surface area contributed by atoms with E-state index in [2.05, 4.69) is 24.5 Å². The molecule has 1 aliphatic rings. The Hall–Kier alpha value is -0.570. The zero-order chi connectivity index (χ0) is 12.8. The van der Waals surface area contributed by atoms with Gasteiger partial charge >= 0.3 is 0 Å². The van der Waals surface area contributed by atoms with Gasteiger partial charge in [0.25, 0.3) is 0 Å². The van der Waals surface area contributed by atoms with Crippen molar-refractivity contribution in [2.75, 3.05) is 13.1 Å². The first-order chi connectivity index (χ1) is 8.00. The van der Waals surface area contributed by atoms with Crippen molar-refractivity contribution in [2.45, 2.75) is 53.0 Å². The second-order valence-corrected chi connectivity index (χ2v) is 5.90. The molecule has 0 aromatic carbocycles. The first-order valence-corrected chi connectivity index (χ1v) is 7.01. The Morgan fingerprint density at radius 2 is 1.94 bits per heavy atom. The molecule has 0 aliphatic heterocycles. The lowest BCUT2D eigenvalue weighted by molar-refractivity contribution is -0.123. The van der Waals surface area contributed by atoms with Crippen LogP contribution in [0.4, 0.5) is 0 Å². The molecule has 100 valence electrons. The van der Waals surface area contributed by atoms with Crippen molar-refractivity contribution in [2.24, 2.45) is 17.8 Å². The third-order valence-electron chi connectivity index (χ3n) is 3.79. The first kappa shape index (κ1) is 14.5. The van der Waals surface area contributed by atoms with Crippen molar-refractivity contribution >= 4 is 5.91 Å². The van der Waals surface area contributed by atoms with Crippen LogP contribution in [0.3, 0.4) is 0 Å². The summed E-state index contributed by atoms with van der Waals surface area (Å²) in [7, 11) is 0. The monoisotopic (exact) mass is 240 g/mol. The van der Waals surface area contributed by atoms with E-state index < -0.39 is 0 Å². The van der Waals surface area contributed by atoms with E-state index in [1.807, 2.05) is 13.8 Å². The molecule has 1 fully saturated rings. The van der Waals surface area contributed by atoms with E-state index in [0.29, 0.717) is 6.04 Å². The number of carbonyl (C=O) groups is 1. The molecule has 1 aliphatic carbocycles. The lowest BCUT2D eigenvalue weighted by Gasteiger charge is -2.33. The third-order valence-corrected chi connectivity index (χ3v) is 3.79. The van der Waals surface area contributed by atoms with Crippen LogP contribution in [0, 0.1) is 17.8 Å². The summed E-state index contributed by atoms with van der Waals surface area (Å²) in [6, 6.07) is 0.641. The molecule has 0 spiro atoms. The summed E-state index contributed by atoms with van der Waals surface area (Å²) in [5.41, 5.74) is 0.